The average molecular weight is 178 g/mol. The van der Waals surface area contributed by atoms with E-state index in [0.717, 1.165) is 0 Å². The van der Waals surface area contributed by atoms with Crippen molar-refractivity contribution in [3.63, 3.8) is 0 Å². The number of nitrogens with two attached hydrogens (primary N) is 2. The Morgan fingerprint density at radius 1 is 0.500 bits per heavy atom. The van der Waals surface area contributed by atoms with Crippen molar-refractivity contribution in [2.45, 2.75) is 0 Å². The first-order valence-electron chi connectivity index (χ1n) is 0.333. The second-order valence-electron chi connectivity index (χ2n) is 0. The van der Waals surface area contributed by atoms with Crippen LogP contribution in [0.2, 0.25) is 0 Å². The van der Waals surface area contributed by atoms with E-state index in [9.17, 15) is 0 Å². The second kappa shape index (κ2) is 135. The van der Waals surface area contributed by atoms with Crippen molar-refractivity contribution >= 4 is 49.6 Å². The van der Waals surface area contributed by atoms with Crippen LogP contribution in [0.4, 0.5) is 0 Å². The van der Waals surface area contributed by atoms with Gasteiger partial charge in [-0.15, -0.1) is 49.6 Å². The van der Waals surface area contributed by atoms with Crippen LogP contribution in [0.5, 0.6) is 0 Å². The van der Waals surface area contributed by atoms with Crippen LogP contribution in [0.3, 0.4) is 0 Å². The summed E-state index contributed by atoms with van der Waals surface area (Å²) >= 11 is 0. The Bertz CT molecular complexity index is 5.51. The lowest BCUT2D eigenvalue weighted by molar-refractivity contribution is 1.26. The molecular formula is H8Cl4N2. The molecule has 0 amide bonds. The van der Waals surface area contributed by atoms with Gasteiger partial charge in [-0.05, 0) is 0 Å². The van der Waals surface area contributed by atoms with Gasteiger partial charge in [0.25, 0.3) is 0 Å². The predicted molar refractivity (Wildman–Crippen MR) is 37.4 cm³/mol. The maximum absolute atomic E-state index is 4.00. The average Bonchev–Trinajstić information content (AvgIpc) is 1.00. The molecule has 0 unspecified atom stereocenters. The van der Waals surface area contributed by atoms with Gasteiger partial charge in [0.2, 0.25) is 0 Å². The molecule has 0 saturated carbocycles. The number of hydrazine groups is 1. The standard InChI is InChI=1S/4ClH.H4N2/c;;;;1-2/h4*1H;1-2H2. The molecule has 46 valence electrons. The van der Waals surface area contributed by atoms with Crippen LogP contribution in [-0.4, -0.2) is 0 Å². The highest BCUT2D eigenvalue weighted by atomic mass is 35.5. The zero-order valence-electron chi connectivity index (χ0n) is 2.79. The first kappa shape index (κ1) is 60.5. The molecule has 0 atom stereocenters. The molecule has 0 rings (SSSR count). The van der Waals surface area contributed by atoms with Crippen LogP contribution in [0.25, 0.3) is 0 Å². The van der Waals surface area contributed by atoms with Gasteiger partial charge in [-0.2, -0.15) is 0 Å². The summed E-state index contributed by atoms with van der Waals surface area (Å²) in [7, 11) is 0. The van der Waals surface area contributed by atoms with Crippen molar-refractivity contribution in [3.8, 4) is 0 Å². The third-order valence-corrected chi connectivity index (χ3v) is 0. The second-order valence-corrected chi connectivity index (χ2v) is 0. The summed E-state index contributed by atoms with van der Waals surface area (Å²) in [4.78, 5) is 0. The minimum absolute atomic E-state index is 0. The highest BCUT2D eigenvalue weighted by molar-refractivity contribution is 5.86. The Balaban J connectivity index is -0.000000000833. The summed E-state index contributed by atoms with van der Waals surface area (Å²) in [5, 5.41) is 0. The van der Waals surface area contributed by atoms with Gasteiger partial charge in [0.15, 0.2) is 0 Å². The number of hydrogen-bond donors (Lipinski definition) is 2. The normalized spacial score (nSPS) is 1.00. The maximum atomic E-state index is 4.00. The summed E-state index contributed by atoms with van der Waals surface area (Å²) in [5.74, 6) is 8.00. The Kier molecular flexibility index (Phi) is 1360. The lowest BCUT2D eigenvalue weighted by atomic mass is 13.0. The van der Waals surface area contributed by atoms with Crippen molar-refractivity contribution in [1.29, 1.82) is 0 Å². The number of hydrogen-bond acceptors (Lipinski definition) is 2. The fourth-order valence-electron chi connectivity index (χ4n) is 0. The number of rotatable bonds is 0. The van der Waals surface area contributed by atoms with Gasteiger partial charge in [0, 0.05) is 0 Å². The van der Waals surface area contributed by atoms with Gasteiger partial charge in [-0.3, -0.25) is 11.7 Å². The topological polar surface area (TPSA) is 52.0 Å². The van der Waals surface area contributed by atoms with Crippen LogP contribution >= 0.6 is 49.6 Å². The fraction of sp³-hybridized carbons (Fsp3) is 0. The Morgan fingerprint density at radius 3 is 0.500 bits per heavy atom. The van der Waals surface area contributed by atoms with Crippen LogP contribution in [0.15, 0.2) is 0 Å². The van der Waals surface area contributed by atoms with E-state index in [1.165, 1.54) is 0 Å². The Hall–Kier alpha value is 1.08. The van der Waals surface area contributed by atoms with E-state index in [2.05, 4.69) is 11.7 Å². The molecule has 2 nitrogen and oxygen atoms in total. The molecule has 6 heteroatoms. The summed E-state index contributed by atoms with van der Waals surface area (Å²) in [5.41, 5.74) is 0. The lowest BCUT2D eigenvalue weighted by Gasteiger charge is -1.27. The van der Waals surface area contributed by atoms with Crippen molar-refractivity contribution < 1.29 is 0 Å². The lowest BCUT2D eigenvalue weighted by Crippen LogP contribution is -2.02. The zero-order valence-corrected chi connectivity index (χ0v) is 6.05. The molecule has 0 aliphatic heterocycles. The summed E-state index contributed by atoms with van der Waals surface area (Å²) in [6, 6.07) is 0. The van der Waals surface area contributed by atoms with Crippen molar-refractivity contribution in [2.75, 3.05) is 0 Å². The minimum Gasteiger partial charge on any atom is -0.274 e. The maximum Gasteiger partial charge on any atom is -0.147 e. The molecule has 0 spiro atoms. The first-order chi connectivity index (χ1) is 1.00. The zero-order chi connectivity index (χ0) is 2.00. The van der Waals surface area contributed by atoms with E-state index in [1.807, 2.05) is 0 Å². The van der Waals surface area contributed by atoms with Gasteiger partial charge in [0.1, 0.15) is 0 Å². The largest absolute Gasteiger partial charge is 0.274 e. The van der Waals surface area contributed by atoms with Gasteiger partial charge in [-0.25, -0.2) is 0 Å². The van der Waals surface area contributed by atoms with E-state index >= 15 is 0 Å². The molecule has 0 heterocycles. The van der Waals surface area contributed by atoms with E-state index in [-0.39, 0.29) is 49.6 Å². The highest BCUT2D eigenvalue weighted by Gasteiger charge is 0.726. The Morgan fingerprint density at radius 2 is 0.500 bits per heavy atom. The van der Waals surface area contributed by atoms with Crippen LogP contribution in [0, 0.1) is 0 Å². The third kappa shape index (κ3) is 72.5. The third-order valence-electron chi connectivity index (χ3n) is 0. The molecule has 0 aliphatic carbocycles. The monoisotopic (exact) mass is 176 g/mol. The summed E-state index contributed by atoms with van der Waals surface area (Å²) in [6.45, 7) is 0. The smallest absolute Gasteiger partial charge is 0.147 e. The molecule has 6 heavy (non-hydrogen) atoms. The molecule has 4 N–H and O–H groups in total. The van der Waals surface area contributed by atoms with Crippen molar-refractivity contribution in [3.05, 3.63) is 0 Å². The molecular weight excluding hydrogens is 170 g/mol. The van der Waals surface area contributed by atoms with E-state index < -0.39 is 0 Å². The van der Waals surface area contributed by atoms with E-state index in [4.69, 9.17) is 0 Å². The molecule has 0 radical (unpaired) electrons. The minimum atomic E-state index is 0. The molecule has 0 aromatic carbocycles. The molecule has 0 bridgehead atoms. The fourth-order valence-corrected chi connectivity index (χ4v) is 0. The van der Waals surface area contributed by atoms with Crippen LogP contribution in [-0.2, 0) is 0 Å². The van der Waals surface area contributed by atoms with Crippen LogP contribution < -0.4 is 11.7 Å². The summed E-state index contributed by atoms with van der Waals surface area (Å²) in [6.07, 6.45) is 0. The van der Waals surface area contributed by atoms with Crippen molar-refractivity contribution in [1.82, 2.24) is 0 Å². The molecule has 0 aromatic heterocycles. The molecule has 0 saturated heterocycles. The van der Waals surface area contributed by atoms with Gasteiger partial charge in [0.05, 0.1) is 0 Å². The van der Waals surface area contributed by atoms with Gasteiger partial charge >= 0.3 is 0 Å². The first-order valence-corrected chi connectivity index (χ1v) is 0.333. The van der Waals surface area contributed by atoms with E-state index in [0.29, 0.717) is 0 Å². The molecule has 0 fully saturated rings. The van der Waals surface area contributed by atoms with Crippen LogP contribution in [0.1, 0.15) is 0 Å². The van der Waals surface area contributed by atoms with E-state index in [1.54, 1.807) is 0 Å². The highest BCUT2D eigenvalue weighted by Crippen LogP contribution is 0.693. The van der Waals surface area contributed by atoms with Gasteiger partial charge in [-0.1, -0.05) is 0 Å². The number of halogens is 4. The molecule has 0 aromatic rings. The SMILES string of the molecule is Cl.Cl.Cl.Cl.NN. The van der Waals surface area contributed by atoms with Gasteiger partial charge < -0.3 is 0 Å². The summed E-state index contributed by atoms with van der Waals surface area (Å²) < 4.78 is 0. The quantitative estimate of drug-likeness (QED) is 0.419. The predicted octanol–water partition coefficient (Wildman–Crippen LogP) is 0.506. The molecule has 0 aliphatic rings. The Labute approximate surface area is 61.6 Å². The van der Waals surface area contributed by atoms with Crippen molar-refractivity contribution in [2.24, 2.45) is 11.7 Å².